The zero-order valence-electron chi connectivity index (χ0n) is 11.1. The molecular weight excluding hydrogens is 278 g/mol. The minimum Gasteiger partial charge on any atom is -0.299 e. The van der Waals surface area contributed by atoms with Crippen molar-refractivity contribution in [3.05, 3.63) is 50.4 Å². The molecule has 0 atom stereocenters. The molecule has 19 heavy (non-hydrogen) atoms. The minimum atomic E-state index is 0.248. The normalized spacial score (nSPS) is 10.7. The standard InChI is InChI=1S/C15H16ClNOS/c1-10-7-13(16)4-3-12(10)8-14(18)5-6-15-17-11(2)9-19-15/h3-4,7,9H,5-6,8H2,1-2H3. The third-order valence-electron chi connectivity index (χ3n) is 2.98. The van der Waals surface area contributed by atoms with Gasteiger partial charge in [0, 0.05) is 35.4 Å². The number of hydrogen-bond acceptors (Lipinski definition) is 3. The highest BCUT2D eigenvalue weighted by molar-refractivity contribution is 7.09. The molecule has 0 N–H and O–H groups in total. The summed E-state index contributed by atoms with van der Waals surface area (Å²) < 4.78 is 0. The van der Waals surface area contributed by atoms with Gasteiger partial charge < -0.3 is 0 Å². The Morgan fingerprint density at radius 3 is 2.79 bits per heavy atom. The van der Waals surface area contributed by atoms with E-state index in [-0.39, 0.29) is 5.78 Å². The molecule has 1 aromatic heterocycles. The van der Waals surface area contributed by atoms with Gasteiger partial charge in [0.15, 0.2) is 0 Å². The van der Waals surface area contributed by atoms with Gasteiger partial charge in [0.25, 0.3) is 0 Å². The average molecular weight is 294 g/mol. The molecule has 0 aliphatic heterocycles. The van der Waals surface area contributed by atoms with E-state index >= 15 is 0 Å². The summed E-state index contributed by atoms with van der Waals surface area (Å²) in [4.78, 5) is 16.3. The van der Waals surface area contributed by atoms with E-state index in [4.69, 9.17) is 11.6 Å². The van der Waals surface area contributed by atoms with Gasteiger partial charge in [-0.1, -0.05) is 17.7 Å². The molecule has 0 spiro atoms. The Hall–Kier alpha value is -1.19. The first-order valence-electron chi connectivity index (χ1n) is 6.22. The van der Waals surface area contributed by atoms with E-state index in [0.717, 1.165) is 28.2 Å². The quantitative estimate of drug-likeness (QED) is 0.828. The number of benzene rings is 1. The number of aryl methyl sites for hydroxylation is 3. The first kappa shape index (κ1) is 14.2. The summed E-state index contributed by atoms with van der Waals surface area (Å²) in [5.41, 5.74) is 3.16. The molecule has 1 aromatic carbocycles. The molecule has 0 bridgehead atoms. The van der Waals surface area contributed by atoms with Crippen molar-refractivity contribution in [2.45, 2.75) is 33.1 Å². The third kappa shape index (κ3) is 4.15. The minimum absolute atomic E-state index is 0.248. The Morgan fingerprint density at radius 2 is 2.16 bits per heavy atom. The van der Waals surface area contributed by atoms with Crippen LogP contribution >= 0.6 is 22.9 Å². The molecule has 100 valence electrons. The highest BCUT2D eigenvalue weighted by Gasteiger charge is 2.08. The van der Waals surface area contributed by atoms with Crippen LogP contribution in [0.3, 0.4) is 0 Å². The predicted octanol–water partition coefficient (Wildman–Crippen LogP) is 4.16. The van der Waals surface area contributed by atoms with Crippen LogP contribution in [0.5, 0.6) is 0 Å². The molecule has 0 aliphatic rings. The molecule has 0 aliphatic carbocycles. The molecule has 2 aromatic rings. The molecule has 2 nitrogen and oxygen atoms in total. The number of hydrogen-bond donors (Lipinski definition) is 0. The van der Waals surface area contributed by atoms with Crippen LogP contribution in [-0.4, -0.2) is 10.8 Å². The lowest BCUT2D eigenvalue weighted by Crippen LogP contribution is -2.05. The molecule has 2 rings (SSSR count). The van der Waals surface area contributed by atoms with E-state index < -0.39 is 0 Å². The van der Waals surface area contributed by atoms with Crippen molar-refractivity contribution in [1.29, 1.82) is 0 Å². The number of ketones is 1. The van der Waals surface area contributed by atoms with Gasteiger partial charge in [-0.25, -0.2) is 4.98 Å². The van der Waals surface area contributed by atoms with E-state index in [1.807, 2.05) is 37.4 Å². The number of thiazole rings is 1. The molecule has 0 saturated heterocycles. The maximum atomic E-state index is 12.0. The first-order valence-corrected chi connectivity index (χ1v) is 7.48. The highest BCUT2D eigenvalue weighted by atomic mass is 35.5. The smallest absolute Gasteiger partial charge is 0.137 e. The number of Topliss-reactive ketones (excluding diaryl/α,β-unsaturated/α-hetero) is 1. The molecule has 0 saturated carbocycles. The number of rotatable bonds is 5. The van der Waals surface area contributed by atoms with Crippen LogP contribution in [0.4, 0.5) is 0 Å². The molecule has 0 radical (unpaired) electrons. The third-order valence-corrected chi connectivity index (χ3v) is 4.24. The molecule has 0 fully saturated rings. The van der Waals surface area contributed by atoms with Crippen LogP contribution in [-0.2, 0) is 17.6 Å². The lowest BCUT2D eigenvalue weighted by atomic mass is 10.0. The maximum absolute atomic E-state index is 12.0. The Balaban J connectivity index is 1.90. The van der Waals surface area contributed by atoms with Gasteiger partial charge in [0.1, 0.15) is 5.78 Å². The summed E-state index contributed by atoms with van der Waals surface area (Å²) >= 11 is 7.53. The number of aromatic nitrogens is 1. The predicted molar refractivity (Wildman–Crippen MR) is 80.1 cm³/mol. The van der Waals surface area contributed by atoms with Crippen molar-refractivity contribution in [3.63, 3.8) is 0 Å². The van der Waals surface area contributed by atoms with Crippen molar-refractivity contribution in [2.24, 2.45) is 0 Å². The van der Waals surface area contributed by atoms with E-state index in [0.29, 0.717) is 17.9 Å². The monoisotopic (exact) mass is 293 g/mol. The lowest BCUT2D eigenvalue weighted by molar-refractivity contribution is -0.118. The SMILES string of the molecule is Cc1csc(CCC(=O)Cc2ccc(Cl)cc2C)n1. The number of halogens is 1. The number of carbonyl (C=O) groups excluding carboxylic acids is 1. The summed E-state index contributed by atoms with van der Waals surface area (Å²) in [6.45, 7) is 3.96. The van der Waals surface area contributed by atoms with Gasteiger partial charge in [-0.15, -0.1) is 11.3 Å². The average Bonchev–Trinajstić information content (AvgIpc) is 2.76. The molecule has 0 amide bonds. The fourth-order valence-corrected chi connectivity index (χ4v) is 2.92. The van der Waals surface area contributed by atoms with Gasteiger partial charge in [-0.3, -0.25) is 4.79 Å². The molecular formula is C15H16ClNOS. The summed E-state index contributed by atoms with van der Waals surface area (Å²) in [5.74, 6) is 0.248. The number of nitrogens with zero attached hydrogens (tertiary/aromatic N) is 1. The van der Waals surface area contributed by atoms with Crippen molar-refractivity contribution >= 4 is 28.7 Å². The van der Waals surface area contributed by atoms with Gasteiger partial charge in [0.05, 0.1) is 5.01 Å². The highest BCUT2D eigenvalue weighted by Crippen LogP contribution is 2.17. The van der Waals surface area contributed by atoms with Crippen LogP contribution in [0.1, 0.15) is 28.2 Å². The van der Waals surface area contributed by atoms with Gasteiger partial charge >= 0.3 is 0 Å². The van der Waals surface area contributed by atoms with Gasteiger partial charge in [0.2, 0.25) is 0 Å². The van der Waals surface area contributed by atoms with Crippen LogP contribution in [0.25, 0.3) is 0 Å². The Bertz CT molecular complexity index is 592. The second-order valence-corrected chi connectivity index (χ2v) is 6.05. The maximum Gasteiger partial charge on any atom is 0.137 e. The Morgan fingerprint density at radius 1 is 1.37 bits per heavy atom. The fourth-order valence-electron chi connectivity index (χ4n) is 1.92. The van der Waals surface area contributed by atoms with Crippen molar-refractivity contribution in [1.82, 2.24) is 4.98 Å². The summed E-state index contributed by atoms with van der Waals surface area (Å²) in [5, 5.41) is 3.77. The van der Waals surface area contributed by atoms with Crippen LogP contribution < -0.4 is 0 Å². The largest absolute Gasteiger partial charge is 0.299 e. The lowest BCUT2D eigenvalue weighted by Gasteiger charge is -2.05. The van der Waals surface area contributed by atoms with Crippen LogP contribution in [0.2, 0.25) is 5.02 Å². The van der Waals surface area contributed by atoms with Gasteiger partial charge in [-0.2, -0.15) is 0 Å². The molecule has 0 unspecified atom stereocenters. The summed E-state index contributed by atoms with van der Waals surface area (Å²) in [6, 6.07) is 5.67. The first-order chi connectivity index (χ1) is 9.04. The van der Waals surface area contributed by atoms with E-state index in [9.17, 15) is 4.79 Å². The Labute approximate surface area is 122 Å². The summed E-state index contributed by atoms with van der Waals surface area (Å²) in [7, 11) is 0. The van der Waals surface area contributed by atoms with Crippen LogP contribution in [0.15, 0.2) is 23.6 Å². The molecule has 4 heteroatoms. The second-order valence-electron chi connectivity index (χ2n) is 4.67. The number of carbonyl (C=O) groups is 1. The van der Waals surface area contributed by atoms with E-state index in [1.165, 1.54) is 0 Å². The van der Waals surface area contributed by atoms with E-state index in [2.05, 4.69) is 4.98 Å². The topological polar surface area (TPSA) is 30.0 Å². The van der Waals surface area contributed by atoms with E-state index in [1.54, 1.807) is 11.3 Å². The Kier molecular flexibility index (Phi) is 4.72. The summed E-state index contributed by atoms with van der Waals surface area (Å²) in [6.07, 6.45) is 1.77. The second kappa shape index (κ2) is 6.31. The van der Waals surface area contributed by atoms with Crippen molar-refractivity contribution < 1.29 is 4.79 Å². The fraction of sp³-hybridized carbons (Fsp3) is 0.333. The van der Waals surface area contributed by atoms with Gasteiger partial charge in [-0.05, 0) is 37.1 Å². The zero-order valence-corrected chi connectivity index (χ0v) is 12.6. The zero-order chi connectivity index (χ0) is 13.8. The van der Waals surface area contributed by atoms with Crippen molar-refractivity contribution in [3.8, 4) is 0 Å². The van der Waals surface area contributed by atoms with Crippen LogP contribution in [0, 0.1) is 13.8 Å². The molecule has 1 heterocycles. The van der Waals surface area contributed by atoms with Crippen molar-refractivity contribution in [2.75, 3.05) is 0 Å².